The third-order valence-electron chi connectivity index (χ3n) is 2.22. The molecule has 1 aromatic rings. The summed E-state index contributed by atoms with van der Waals surface area (Å²) < 4.78 is 42.8. The predicted octanol–water partition coefficient (Wildman–Crippen LogP) is 2.76. The molecule has 0 saturated heterocycles. The first-order valence-corrected chi connectivity index (χ1v) is 5.11. The Balaban J connectivity index is 2.57. The predicted molar refractivity (Wildman–Crippen MR) is 52.8 cm³/mol. The maximum Gasteiger partial charge on any atom is 0.408 e. The molecule has 3 nitrogen and oxygen atoms in total. The van der Waals surface area contributed by atoms with Crippen LogP contribution in [0.4, 0.5) is 13.2 Å². The fraction of sp³-hybridized carbons (Fsp3) is 0.700. The van der Waals surface area contributed by atoms with E-state index in [4.69, 9.17) is 4.74 Å². The highest BCUT2D eigenvalue weighted by molar-refractivity contribution is 4.99. The molecule has 0 aliphatic carbocycles. The van der Waals surface area contributed by atoms with E-state index in [0.717, 1.165) is 11.1 Å². The van der Waals surface area contributed by atoms with Gasteiger partial charge in [-0.2, -0.15) is 18.3 Å². The highest BCUT2D eigenvalue weighted by atomic mass is 19.4. The highest BCUT2D eigenvalue weighted by Crippen LogP contribution is 2.18. The Kier molecular flexibility index (Phi) is 4.35. The second-order valence-electron chi connectivity index (χ2n) is 3.63. The maximum absolute atomic E-state index is 12.2. The van der Waals surface area contributed by atoms with Crippen LogP contribution in [0.2, 0.25) is 0 Å². The van der Waals surface area contributed by atoms with Crippen LogP contribution < -0.4 is 0 Å². The van der Waals surface area contributed by atoms with E-state index < -0.39 is 12.7 Å². The van der Waals surface area contributed by atoms with Gasteiger partial charge in [-0.3, -0.25) is 4.68 Å². The SMILES string of the molecule is CCC(C)OCc1ccnn1CC(F)(F)F. The fourth-order valence-electron chi connectivity index (χ4n) is 1.14. The molecule has 6 heteroatoms. The molecule has 0 aliphatic heterocycles. The molecule has 1 rings (SSSR count). The van der Waals surface area contributed by atoms with E-state index in [1.807, 2.05) is 13.8 Å². The number of nitrogens with zero attached hydrogens (tertiary/aromatic N) is 2. The summed E-state index contributed by atoms with van der Waals surface area (Å²) in [4.78, 5) is 0. The molecule has 0 amide bonds. The van der Waals surface area contributed by atoms with Gasteiger partial charge in [-0.15, -0.1) is 0 Å². The molecule has 0 spiro atoms. The van der Waals surface area contributed by atoms with Gasteiger partial charge >= 0.3 is 6.18 Å². The van der Waals surface area contributed by atoms with Crippen LogP contribution in [-0.4, -0.2) is 22.1 Å². The van der Waals surface area contributed by atoms with E-state index in [1.54, 1.807) is 0 Å². The lowest BCUT2D eigenvalue weighted by Crippen LogP contribution is -2.21. The minimum absolute atomic E-state index is 0.0363. The Hall–Kier alpha value is -1.04. The molecule has 0 bridgehead atoms. The minimum atomic E-state index is -4.25. The number of alkyl halides is 3. The first kappa shape index (κ1) is 13.0. The van der Waals surface area contributed by atoms with Gasteiger partial charge in [-0.25, -0.2) is 0 Å². The van der Waals surface area contributed by atoms with Crippen molar-refractivity contribution in [1.82, 2.24) is 9.78 Å². The number of hydrogen-bond acceptors (Lipinski definition) is 2. The zero-order valence-corrected chi connectivity index (χ0v) is 9.29. The van der Waals surface area contributed by atoms with Crippen molar-refractivity contribution >= 4 is 0 Å². The van der Waals surface area contributed by atoms with Crippen molar-refractivity contribution in [3.63, 3.8) is 0 Å². The molecule has 1 unspecified atom stereocenters. The van der Waals surface area contributed by atoms with Gasteiger partial charge in [0.15, 0.2) is 0 Å². The van der Waals surface area contributed by atoms with E-state index in [1.165, 1.54) is 12.3 Å². The van der Waals surface area contributed by atoms with Gasteiger partial charge in [0.1, 0.15) is 6.54 Å². The van der Waals surface area contributed by atoms with Crippen LogP contribution in [0.5, 0.6) is 0 Å². The van der Waals surface area contributed by atoms with Gasteiger partial charge in [0.25, 0.3) is 0 Å². The van der Waals surface area contributed by atoms with Crippen molar-refractivity contribution in [3.8, 4) is 0 Å². The third kappa shape index (κ3) is 4.22. The van der Waals surface area contributed by atoms with Gasteiger partial charge in [0, 0.05) is 6.20 Å². The molecule has 92 valence electrons. The van der Waals surface area contributed by atoms with Crippen LogP contribution in [-0.2, 0) is 17.9 Å². The molecule has 16 heavy (non-hydrogen) atoms. The third-order valence-corrected chi connectivity index (χ3v) is 2.22. The average Bonchev–Trinajstić information content (AvgIpc) is 2.59. The van der Waals surface area contributed by atoms with Crippen LogP contribution >= 0.6 is 0 Å². The Morgan fingerprint density at radius 1 is 1.50 bits per heavy atom. The van der Waals surface area contributed by atoms with Gasteiger partial charge < -0.3 is 4.74 Å². The molecule has 0 aromatic carbocycles. The van der Waals surface area contributed by atoms with E-state index in [-0.39, 0.29) is 12.7 Å². The summed E-state index contributed by atoms with van der Waals surface area (Å²) in [6.07, 6.45) is -2.04. The zero-order chi connectivity index (χ0) is 12.2. The maximum atomic E-state index is 12.2. The van der Waals surface area contributed by atoms with Crippen LogP contribution in [0.15, 0.2) is 12.3 Å². The van der Waals surface area contributed by atoms with Crippen molar-refractivity contribution in [2.45, 2.75) is 45.7 Å². The van der Waals surface area contributed by atoms with Crippen molar-refractivity contribution in [2.24, 2.45) is 0 Å². The van der Waals surface area contributed by atoms with E-state index >= 15 is 0 Å². The Bertz CT molecular complexity index is 322. The fourth-order valence-corrected chi connectivity index (χ4v) is 1.14. The first-order chi connectivity index (χ1) is 7.42. The highest BCUT2D eigenvalue weighted by Gasteiger charge is 2.29. The normalized spacial score (nSPS) is 14.1. The molecule has 0 fully saturated rings. The van der Waals surface area contributed by atoms with Crippen LogP contribution in [0.3, 0.4) is 0 Å². The number of rotatable bonds is 5. The van der Waals surface area contributed by atoms with E-state index in [2.05, 4.69) is 5.10 Å². The topological polar surface area (TPSA) is 27.1 Å². The Morgan fingerprint density at radius 3 is 2.75 bits per heavy atom. The lowest BCUT2D eigenvalue weighted by molar-refractivity contribution is -0.143. The summed E-state index contributed by atoms with van der Waals surface area (Å²) in [5.74, 6) is 0. The van der Waals surface area contributed by atoms with Crippen LogP contribution in [0, 0.1) is 0 Å². The molecular weight excluding hydrogens is 221 g/mol. The number of ether oxygens (including phenoxy) is 1. The lowest BCUT2D eigenvalue weighted by Gasteiger charge is -2.13. The largest absolute Gasteiger partial charge is 0.408 e. The molecule has 1 aromatic heterocycles. The summed E-state index contributed by atoms with van der Waals surface area (Å²) in [7, 11) is 0. The van der Waals surface area contributed by atoms with Gasteiger partial charge in [-0.05, 0) is 19.4 Å². The molecular formula is C10H15F3N2O. The van der Waals surface area contributed by atoms with Crippen molar-refractivity contribution < 1.29 is 17.9 Å². The summed E-state index contributed by atoms with van der Waals surface area (Å²) in [6.45, 7) is 2.92. The summed E-state index contributed by atoms with van der Waals surface area (Å²) in [5, 5.41) is 3.62. The van der Waals surface area contributed by atoms with Crippen molar-refractivity contribution in [2.75, 3.05) is 0 Å². The number of hydrogen-bond donors (Lipinski definition) is 0. The van der Waals surface area contributed by atoms with Gasteiger partial charge in [0.05, 0.1) is 18.4 Å². The quantitative estimate of drug-likeness (QED) is 0.786. The summed E-state index contributed by atoms with van der Waals surface area (Å²) >= 11 is 0. The van der Waals surface area contributed by atoms with Crippen molar-refractivity contribution in [1.29, 1.82) is 0 Å². The number of aromatic nitrogens is 2. The van der Waals surface area contributed by atoms with Crippen LogP contribution in [0.25, 0.3) is 0 Å². The second-order valence-corrected chi connectivity index (χ2v) is 3.63. The second kappa shape index (κ2) is 5.34. The minimum Gasteiger partial charge on any atom is -0.372 e. The van der Waals surface area contributed by atoms with Crippen LogP contribution in [0.1, 0.15) is 26.0 Å². The molecule has 0 aliphatic rings. The molecule has 0 saturated carbocycles. The average molecular weight is 236 g/mol. The Labute approximate surface area is 92.2 Å². The molecule has 0 N–H and O–H groups in total. The van der Waals surface area contributed by atoms with E-state index in [9.17, 15) is 13.2 Å². The first-order valence-electron chi connectivity index (χ1n) is 5.11. The Morgan fingerprint density at radius 2 is 2.19 bits per heavy atom. The number of halogens is 3. The van der Waals surface area contributed by atoms with Gasteiger partial charge in [-0.1, -0.05) is 6.92 Å². The summed E-state index contributed by atoms with van der Waals surface area (Å²) in [5.41, 5.74) is 0.442. The standard InChI is InChI=1S/C10H15F3N2O/c1-3-8(2)16-6-9-4-5-14-15(9)7-10(11,12)13/h4-5,8H,3,6-7H2,1-2H3. The summed E-state index contributed by atoms with van der Waals surface area (Å²) in [6, 6.07) is 1.54. The van der Waals surface area contributed by atoms with E-state index in [0.29, 0.717) is 5.69 Å². The lowest BCUT2D eigenvalue weighted by atomic mass is 10.3. The van der Waals surface area contributed by atoms with Crippen molar-refractivity contribution in [3.05, 3.63) is 18.0 Å². The van der Waals surface area contributed by atoms with Gasteiger partial charge in [0.2, 0.25) is 0 Å². The monoisotopic (exact) mass is 236 g/mol. The molecule has 0 radical (unpaired) electrons. The smallest absolute Gasteiger partial charge is 0.372 e. The molecule has 1 atom stereocenters. The molecule has 1 heterocycles. The zero-order valence-electron chi connectivity index (χ0n) is 9.29.